The minimum Gasteiger partial charge on any atom is -0.382 e. The average molecular weight is 352 g/mol. The molecule has 1 aromatic carbocycles. The van der Waals surface area contributed by atoms with Gasteiger partial charge in [-0.3, -0.25) is 0 Å². The van der Waals surface area contributed by atoms with Crippen LogP contribution in [0.2, 0.25) is 0 Å². The molecule has 1 heterocycles. The second-order valence-corrected chi connectivity index (χ2v) is 7.64. The second-order valence-electron chi connectivity index (χ2n) is 6.85. The van der Waals surface area contributed by atoms with Crippen LogP contribution in [-0.4, -0.2) is 18.2 Å². The molecule has 0 radical (unpaired) electrons. The van der Waals surface area contributed by atoms with Gasteiger partial charge in [-0.1, -0.05) is 35.2 Å². The van der Waals surface area contributed by atoms with E-state index < -0.39 is 0 Å². The fraction of sp³-hybridized carbons (Fsp3) is 0.667. The SMILES string of the molecule is Cc1cc(NC2CCOC3(CCCCC3)C2)cc(C)c1Br. The highest BCUT2D eigenvalue weighted by atomic mass is 79.9. The van der Waals surface area contributed by atoms with Gasteiger partial charge in [0.15, 0.2) is 0 Å². The summed E-state index contributed by atoms with van der Waals surface area (Å²) in [5, 5.41) is 3.76. The third-order valence-corrected chi connectivity index (χ3v) is 6.32. The molecule has 2 nitrogen and oxygen atoms in total. The lowest BCUT2D eigenvalue weighted by atomic mass is 9.78. The van der Waals surface area contributed by atoms with Crippen LogP contribution in [0.5, 0.6) is 0 Å². The molecule has 1 saturated heterocycles. The minimum atomic E-state index is 0.174. The van der Waals surface area contributed by atoms with Crippen LogP contribution < -0.4 is 5.32 Å². The first-order chi connectivity index (χ1) is 10.1. The van der Waals surface area contributed by atoms with Gasteiger partial charge in [0.2, 0.25) is 0 Å². The van der Waals surface area contributed by atoms with E-state index in [9.17, 15) is 0 Å². The standard InChI is InChI=1S/C18H26BrNO/c1-13-10-16(11-14(2)17(13)19)20-15-6-9-21-18(12-15)7-4-3-5-8-18/h10-11,15,20H,3-9,12H2,1-2H3. The monoisotopic (exact) mass is 351 g/mol. The highest BCUT2D eigenvalue weighted by Gasteiger charge is 2.38. The molecule has 1 N–H and O–H groups in total. The zero-order valence-electron chi connectivity index (χ0n) is 13.2. The van der Waals surface area contributed by atoms with E-state index in [-0.39, 0.29) is 5.60 Å². The lowest BCUT2D eigenvalue weighted by molar-refractivity contribution is -0.103. The van der Waals surface area contributed by atoms with Gasteiger partial charge in [0.1, 0.15) is 0 Å². The number of hydrogen-bond donors (Lipinski definition) is 1. The maximum absolute atomic E-state index is 6.19. The molecule has 3 heteroatoms. The highest BCUT2D eigenvalue weighted by Crippen LogP contribution is 2.39. The Balaban J connectivity index is 1.70. The summed E-state index contributed by atoms with van der Waals surface area (Å²) in [6.07, 6.45) is 8.85. The Kier molecular flexibility index (Phi) is 4.60. The van der Waals surface area contributed by atoms with Crippen molar-refractivity contribution < 1.29 is 4.74 Å². The van der Waals surface area contributed by atoms with Crippen molar-refractivity contribution in [1.29, 1.82) is 0 Å². The maximum Gasteiger partial charge on any atom is 0.0702 e. The van der Waals surface area contributed by atoms with Crippen LogP contribution in [0.25, 0.3) is 0 Å². The molecule has 0 aromatic heterocycles. The van der Waals surface area contributed by atoms with Gasteiger partial charge in [0.05, 0.1) is 5.60 Å². The number of ether oxygens (including phenoxy) is 1. The summed E-state index contributed by atoms with van der Waals surface area (Å²) in [5.74, 6) is 0. The molecule has 1 aliphatic heterocycles. The van der Waals surface area contributed by atoms with E-state index in [4.69, 9.17) is 4.74 Å². The first-order valence-electron chi connectivity index (χ1n) is 8.25. The summed E-state index contributed by atoms with van der Waals surface area (Å²) < 4.78 is 7.42. The molecule has 1 aromatic rings. The first-order valence-corrected chi connectivity index (χ1v) is 9.05. The summed E-state index contributed by atoms with van der Waals surface area (Å²) in [6, 6.07) is 5.05. The lowest BCUT2D eigenvalue weighted by Crippen LogP contribution is -2.45. The number of halogens is 1. The summed E-state index contributed by atoms with van der Waals surface area (Å²) >= 11 is 3.65. The van der Waals surface area contributed by atoms with Crippen molar-refractivity contribution >= 4 is 21.6 Å². The predicted octanol–water partition coefficient (Wildman–Crippen LogP) is 5.36. The molecule has 0 bridgehead atoms. The zero-order valence-corrected chi connectivity index (χ0v) is 14.8. The lowest BCUT2D eigenvalue weighted by Gasteiger charge is -2.44. The van der Waals surface area contributed by atoms with Crippen molar-refractivity contribution in [3.8, 4) is 0 Å². The van der Waals surface area contributed by atoms with Gasteiger partial charge in [-0.25, -0.2) is 0 Å². The summed E-state index contributed by atoms with van der Waals surface area (Å²) in [5.41, 5.74) is 4.04. The molecule has 1 atom stereocenters. The summed E-state index contributed by atoms with van der Waals surface area (Å²) in [6.45, 7) is 5.23. The molecular formula is C18H26BrNO. The van der Waals surface area contributed by atoms with E-state index in [1.807, 2.05) is 0 Å². The molecular weight excluding hydrogens is 326 g/mol. The fourth-order valence-corrected chi connectivity index (χ4v) is 4.19. The van der Waals surface area contributed by atoms with Gasteiger partial charge in [-0.2, -0.15) is 0 Å². The van der Waals surface area contributed by atoms with E-state index >= 15 is 0 Å². The van der Waals surface area contributed by atoms with Crippen LogP contribution >= 0.6 is 15.9 Å². The Morgan fingerprint density at radius 2 is 1.81 bits per heavy atom. The van der Waals surface area contributed by atoms with Crippen molar-refractivity contribution in [1.82, 2.24) is 0 Å². The van der Waals surface area contributed by atoms with E-state index in [0.717, 1.165) is 13.0 Å². The van der Waals surface area contributed by atoms with Gasteiger partial charge in [0, 0.05) is 22.8 Å². The Morgan fingerprint density at radius 3 is 2.48 bits per heavy atom. The van der Waals surface area contributed by atoms with E-state index in [0.29, 0.717) is 6.04 Å². The molecule has 1 saturated carbocycles. The van der Waals surface area contributed by atoms with Crippen LogP contribution in [0.15, 0.2) is 16.6 Å². The van der Waals surface area contributed by atoms with E-state index in [1.165, 1.54) is 59.8 Å². The number of hydrogen-bond acceptors (Lipinski definition) is 2. The van der Waals surface area contributed by atoms with Crippen LogP contribution in [-0.2, 0) is 4.74 Å². The van der Waals surface area contributed by atoms with E-state index in [1.54, 1.807) is 0 Å². The van der Waals surface area contributed by atoms with Crippen LogP contribution in [0, 0.1) is 13.8 Å². The number of rotatable bonds is 2. The van der Waals surface area contributed by atoms with Crippen molar-refractivity contribution in [2.75, 3.05) is 11.9 Å². The van der Waals surface area contributed by atoms with Gasteiger partial charge in [0.25, 0.3) is 0 Å². The smallest absolute Gasteiger partial charge is 0.0702 e. The minimum absolute atomic E-state index is 0.174. The third-order valence-electron chi connectivity index (χ3n) is 5.06. The topological polar surface area (TPSA) is 21.3 Å². The summed E-state index contributed by atoms with van der Waals surface area (Å²) in [7, 11) is 0. The van der Waals surface area contributed by atoms with Gasteiger partial charge in [-0.05, 0) is 62.8 Å². The summed E-state index contributed by atoms with van der Waals surface area (Å²) in [4.78, 5) is 0. The molecule has 2 fully saturated rings. The molecule has 1 aliphatic carbocycles. The average Bonchev–Trinajstić information content (AvgIpc) is 2.45. The van der Waals surface area contributed by atoms with E-state index in [2.05, 4.69) is 47.2 Å². The third kappa shape index (κ3) is 3.45. The quantitative estimate of drug-likeness (QED) is 0.774. The molecule has 3 rings (SSSR count). The molecule has 21 heavy (non-hydrogen) atoms. The van der Waals surface area contributed by atoms with Gasteiger partial charge < -0.3 is 10.1 Å². The Hall–Kier alpha value is -0.540. The van der Waals surface area contributed by atoms with Gasteiger partial charge in [-0.15, -0.1) is 0 Å². The molecule has 1 unspecified atom stereocenters. The fourth-order valence-electron chi connectivity index (χ4n) is 3.96. The number of anilines is 1. The van der Waals surface area contributed by atoms with Crippen molar-refractivity contribution in [2.24, 2.45) is 0 Å². The van der Waals surface area contributed by atoms with Crippen LogP contribution in [0.1, 0.15) is 56.1 Å². The Labute approximate surface area is 136 Å². The number of benzene rings is 1. The maximum atomic E-state index is 6.19. The van der Waals surface area contributed by atoms with Crippen LogP contribution in [0.4, 0.5) is 5.69 Å². The van der Waals surface area contributed by atoms with Crippen molar-refractivity contribution in [2.45, 2.75) is 70.4 Å². The normalized spacial score (nSPS) is 25.0. The second kappa shape index (κ2) is 6.29. The molecule has 1 spiro atoms. The number of aryl methyl sites for hydroxylation is 2. The van der Waals surface area contributed by atoms with Crippen LogP contribution in [0.3, 0.4) is 0 Å². The highest BCUT2D eigenvalue weighted by molar-refractivity contribution is 9.10. The molecule has 2 aliphatic rings. The first kappa shape index (κ1) is 15.4. The predicted molar refractivity (Wildman–Crippen MR) is 92.0 cm³/mol. The molecule has 0 amide bonds. The zero-order chi connectivity index (χ0) is 14.9. The Morgan fingerprint density at radius 1 is 1.14 bits per heavy atom. The van der Waals surface area contributed by atoms with Crippen molar-refractivity contribution in [3.63, 3.8) is 0 Å². The largest absolute Gasteiger partial charge is 0.382 e. The Bertz CT molecular complexity index is 479. The van der Waals surface area contributed by atoms with Gasteiger partial charge >= 0.3 is 0 Å². The molecule has 116 valence electrons. The number of nitrogens with one attached hydrogen (secondary N) is 1. The van der Waals surface area contributed by atoms with Crippen molar-refractivity contribution in [3.05, 3.63) is 27.7 Å².